The summed E-state index contributed by atoms with van der Waals surface area (Å²) in [5.41, 5.74) is 4.85. The van der Waals surface area contributed by atoms with Crippen LogP contribution < -0.4 is 0 Å². The van der Waals surface area contributed by atoms with Gasteiger partial charge in [0.05, 0.1) is 0 Å². The Labute approximate surface area is 160 Å². The van der Waals surface area contributed by atoms with Gasteiger partial charge in [0.15, 0.2) is 11.4 Å². The zero-order chi connectivity index (χ0) is 18.4. The Morgan fingerprint density at radius 1 is 0.630 bits per heavy atom. The molecule has 0 aliphatic heterocycles. The minimum atomic E-state index is -0.375. The van der Waals surface area contributed by atoms with E-state index in [-0.39, 0.29) is 11.4 Å². The van der Waals surface area contributed by atoms with Gasteiger partial charge in [-0.25, -0.2) is 4.39 Å². The summed E-state index contributed by atoms with van der Waals surface area (Å²) in [7, 11) is 0. The first-order valence-electron chi connectivity index (χ1n) is 8.66. The smallest absolute Gasteiger partial charge is 0.171 e. The average molecular weight is 373 g/mol. The monoisotopic (exact) mass is 372 g/mol. The predicted octanol–water partition coefficient (Wildman–Crippen LogP) is 7.71. The van der Waals surface area contributed by atoms with Gasteiger partial charge in [0.2, 0.25) is 0 Å². The third-order valence-electron chi connectivity index (χ3n) is 4.79. The van der Waals surface area contributed by atoms with Crippen LogP contribution in [-0.2, 0) is 0 Å². The lowest BCUT2D eigenvalue weighted by Gasteiger charge is -2.07. The van der Waals surface area contributed by atoms with Crippen molar-refractivity contribution in [3.05, 3.63) is 95.8 Å². The zero-order valence-electron chi connectivity index (χ0n) is 14.2. The summed E-state index contributed by atoms with van der Waals surface area (Å²) >= 11 is 6.04. The number of furan rings is 1. The van der Waals surface area contributed by atoms with Gasteiger partial charge < -0.3 is 4.42 Å². The van der Waals surface area contributed by atoms with Gasteiger partial charge in [0, 0.05) is 21.9 Å². The lowest BCUT2D eigenvalue weighted by molar-refractivity contribution is 0.584. The summed E-state index contributed by atoms with van der Waals surface area (Å²) in [5, 5.41) is 2.17. The van der Waals surface area contributed by atoms with E-state index in [0.29, 0.717) is 10.6 Å². The SMILES string of the molecule is Fc1cc(-c2cccc(-c3ccccc3)c2)cc2c1oc1cc(Cl)ccc12. The summed E-state index contributed by atoms with van der Waals surface area (Å²) in [6, 6.07) is 27.1. The maximum atomic E-state index is 14.8. The fraction of sp³-hybridized carbons (Fsp3) is 0. The highest BCUT2D eigenvalue weighted by molar-refractivity contribution is 6.31. The summed E-state index contributed by atoms with van der Waals surface area (Å²) < 4.78 is 20.5. The van der Waals surface area contributed by atoms with Gasteiger partial charge in [-0.05, 0) is 52.6 Å². The van der Waals surface area contributed by atoms with Crippen LogP contribution in [0.5, 0.6) is 0 Å². The second-order valence-corrected chi connectivity index (χ2v) is 6.96. The fourth-order valence-corrected chi connectivity index (χ4v) is 3.65. The number of halogens is 2. The Hall–Kier alpha value is -3.10. The Balaban J connectivity index is 1.70. The third kappa shape index (κ3) is 2.79. The van der Waals surface area contributed by atoms with E-state index in [0.717, 1.165) is 33.0 Å². The lowest BCUT2D eigenvalue weighted by Crippen LogP contribution is -1.84. The van der Waals surface area contributed by atoms with Gasteiger partial charge >= 0.3 is 0 Å². The van der Waals surface area contributed by atoms with E-state index < -0.39 is 0 Å². The first-order valence-corrected chi connectivity index (χ1v) is 9.04. The van der Waals surface area contributed by atoms with Gasteiger partial charge in [-0.15, -0.1) is 0 Å². The molecule has 1 nitrogen and oxygen atoms in total. The number of rotatable bonds is 2. The zero-order valence-corrected chi connectivity index (χ0v) is 15.0. The van der Waals surface area contributed by atoms with Crippen molar-refractivity contribution in [1.82, 2.24) is 0 Å². The minimum Gasteiger partial charge on any atom is -0.453 e. The summed E-state index contributed by atoms with van der Waals surface area (Å²) in [6.07, 6.45) is 0. The Kier molecular flexibility index (Phi) is 3.73. The summed E-state index contributed by atoms with van der Waals surface area (Å²) in [6.45, 7) is 0. The van der Waals surface area contributed by atoms with E-state index in [9.17, 15) is 4.39 Å². The number of fused-ring (bicyclic) bond motifs is 3. The molecule has 1 aromatic heterocycles. The van der Waals surface area contributed by atoms with Crippen molar-refractivity contribution in [2.45, 2.75) is 0 Å². The molecule has 0 spiro atoms. The van der Waals surface area contributed by atoms with Crippen LogP contribution in [-0.4, -0.2) is 0 Å². The van der Waals surface area contributed by atoms with E-state index in [1.807, 2.05) is 42.5 Å². The van der Waals surface area contributed by atoms with Crippen LogP contribution in [0, 0.1) is 5.82 Å². The normalized spacial score (nSPS) is 11.3. The number of hydrogen-bond donors (Lipinski definition) is 0. The Bertz CT molecular complexity index is 1290. The van der Waals surface area contributed by atoms with Crippen LogP contribution in [0.4, 0.5) is 4.39 Å². The Morgan fingerprint density at radius 3 is 2.19 bits per heavy atom. The molecule has 0 unspecified atom stereocenters. The predicted molar refractivity (Wildman–Crippen MR) is 110 cm³/mol. The van der Waals surface area contributed by atoms with Crippen LogP contribution in [0.2, 0.25) is 5.02 Å². The van der Waals surface area contributed by atoms with E-state index in [1.165, 1.54) is 6.07 Å². The van der Waals surface area contributed by atoms with Crippen molar-refractivity contribution < 1.29 is 8.81 Å². The first kappa shape index (κ1) is 16.1. The average Bonchev–Trinajstić information content (AvgIpc) is 3.07. The highest BCUT2D eigenvalue weighted by atomic mass is 35.5. The molecular formula is C24H14ClFO. The summed E-state index contributed by atoms with van der Waals surface area (Å²) in [4.78, 5) is 0. The minimum absolute atomic E-state index is 0.259. The van der Waals surface area contributed by atoms with Gasteiger partial charge in [-0.1, -0.05) is 60.1 Å². The molecule has 0 saturated heterocycles. The van der Waals surface area contributed by atoms with Crippen molar-refractivity contribution in [2.75, 3.05) is 0 Å². The van der Waals surface area contributed by atoms with Crippen LogP contribution in [0.25, 0.3) is 44.2 Å². The van der Waals surface area contributed by atoms with Crippen molar-refractivity contribution in [3.63, 3.8) is 0 Å². The van der Waals surface area contributed by atoms with Crippen molar-refractivity contribution >= 4 is 33.5 Å². The maximum absolute atomic E-state index is 14.8. The number of benzene rings is 4. The molecule has 0 amide bonds. The molecule has 0 radical (unpaired) electrons. The van der Waals surface area contributed by atoms with Crippen LogP contribution in [0.3, 0.4) is 0 Å². The topological polar surface area (TPSA) is 13.1 Å². The number of hydrogen-bond acceptors (Lipinski definition) is 1. The maximum Gasteiger partial charge on any atom is 0.171 e. The van der Waals surface area contributed by atoms with Crippen LogP contribution in [0.15, 0.2) is 89.3 Å². The molecule has 0 bridgehead atoms. The van der Waals surface area contributed by atoms with Gasteiger partial charge in [-0.2, -0.15) is 0 Å². The van der Waals surface area contributed by atoms with Gasteiger partial charge in [-0.3, -0.25) is 0 Å². The van der Waals surface area contributed by atoms with E-state index >= 15 is 0 Å². The molecule has 3 heteroatoms. The quantitative estimate of drug-likeness (QED) is 0.309. The second kappa shape index (κ2) is 6.26. The standard InChI is InChI=1S/C24H14ClFO/c25-19-9-10-20-21-12-18(13-22(26)24(21)27-23(20)14-19)17-8-4-7-16(11-17)15-5-2-1-3-6-15/h1-14H. The molecule has 27 heavy (non-hydrogen) atoms. The molecule has 130 valence electrons. The van der Waals surface area contributed by atoms with E-state index in [4.69, 9.17) is 16.0 Å². The molecule has 4 aromatic carbocycles. The molecule has 0 atom stereocenters. The summed E-state index contributed by atoms with van der Waals surface area (Å²) in [5.74, 6) is -0.375. The van der Waals surface area contributed by atoms with Crippen molar-refractivity contribution in [2.24, 2.45) is 0 Å². The second-order valence-electron chi connectivity index (χ2n) is 6.52. The lowest BCUT2D eigenvalue weighted by atomic mass is 9.98. The molecule has 0 aliphatic carbocycles. The van der Waals surface area contributed by atoms with E-state index in [1.54, 1.807) is 12.1 Å². The molecule has 5 rings (SSSR count). The van der Waals surface area contributed by atoms with Crippen LogP contribution >= 0.6 is 11.6 Å². The van der Waals surface area contributed by atoms with Crippen molar-refractivity contribution in [1.29, 1.82) is 0 Å². The largest absolute Gasteiger partial charge is 0.453 e. The molecule has 0 N–H and O–H groups in total. The molecule has 0 aliphatic rings. The molecular weight excluding hydrogens is 359 g/mol. The molecule has 5 aromatic rings. The van der Waals surface area contributed by atoms with Gasteiger partial charge in [0.25, 0.3) is 0 Å². The molecule has 0 saturated carbocycles. The first-order chi connectivity index (χ1) is 13.2. The highest BCUT2D eigenvalue weighted by Gasteiger charge is 2.14. The van der Waals surface area contributed by atoms with Crippen LogP contribution in [0.1, 0.15) is 0 Å². The molecule has 1 heterocycles. The van der Waals surface area contributed by atoms with Crippen molar-refractivity contribution in [3.8, 4) is 22.3 Å². The van der Waals surface area contributed by atoms with E-state index in [2.05, 4.69) is 24.3 Å². The Morgan fingerprint density at radius 2 is 1.37 bits per heavy atom. The highest BCUT2D eigenvalue weighted by Crippen LogP contribution is 2.36. The fourth-order valence-electron chi connectivity index (χ4n) is 3.49. The third-order valence-corrected chi connectivity index (χ3v) is 5.03. The van der Waals surface area contributed by atoms with Gasteiger partial charge in [0.1, 0.15) is 5.58 Å². The molecule has 0 fully saturated rings.